The lowest BCUT2D eigenvalue weighted by Gasteiger charge is -2.08. The molecule has 0 bridgehead atoms. The van der Waals surface area contributed by atoms with Crippen molar-refractivity contribution in [1.29, 1.82) is 0 Å². The predicted molar refractivity (Wildman–Crippen MR) is 75.8 cm³/mol. The molecule has 1 aromatic heterocycles. The van der Waals surface area contributed by atoms with Crippen LogP contribution in [0.25, 0.3) is 0 Å². The van der Waals surface area contributed by atoms with Crippen molar-refractivity contribution in [1.82, 2.24) is 4.98 Å². The Balaban J connectivity index is 2.22. The number of hydrogen-bond donors (Lipinski definition) is 1. The number of aromatic nitrogens is 1. The topological polar surface area (TPSA) is 42.0 Å². The van der Waals surface area contributed by atoms with Gasteiger partial charge in [-0.1, -0.05) is 22.0 Å². The molecule has 0 unspecified atom stereocenters. The average molecular weight is 305 g/mol. The Morgan fingerprint density at radius 2 is 2.06 bits per heavy atom. The van der Waals surface area contributed by atoms with Crippen molar-refractivity contribution in [2.45, 2.75) is 13.8 Å². The fourth-order valence-electron chi connectivity index (χ4n) is 1.54. The summed E-state index contributed by atoms with van der Waals surface area (Å²) >= 11 is 3.42. The fourth-order valence-corrected chi connectivity index (χ4v) is 1.92. The number of carbonyl (C=O) groups is 1. The normalized spacial score (nSPS) is 10.2. The fraction of sp³-hybridized carbons (Fsp3) is 0.143. The molecule has 0 atom stereocenters. The zero-order valence-corrected chi connectivity index (χ0v) is 11.8. The van der Waals surface area contributed by atoms with Gasteiger partial charge in [0.1, 0.15) is 0 Å². The first-order chi connectivity index (χ1) is 8.58. The lowest BCUT2D eigenvalue weighted by atomic mass is 10.1. The van der Waals surface area contributed by atoms with E-state index >= 15 is 0 Å². The van der Waals surface area contributed by atoms with Crippen LogP contribution in [0.15, 0.2) is 41.0 Å². The maximum absolute atomic E-state index is 12.1. The standard InChI is InChI=1S/C14H13BrN2O/c1-9-5-6-11(8-12(9)15)14(18)17-13-4-3-7-16-10(13)2/h3-8H,1-2H3,(H,17,18). The molecule has 2 aromatic rings. The highest BCUT2D eigenvalue weighted by molar-refractivity contribution is 9.10. The largest absolute Gasteiger partial charge is 0.320 e. The van der Waals surface area contributed by atoms with Gasteiger partial charge >= 0.3 is 0 Å². The number of hydrogen-bond acceptors (Lipinski definition) is 2. The molecule has 2 rings (SSSR count). The van der Waals surface area contributed by atoms with Crippen molar-refractivity contribution < 1.29 is 4.79 Å². The van der Waals surface area contributed by atoms with Gasteiger partial charge in [0, 0.05) is 16.2 Å². The van der Waals surface area contributed by atoms with E-state index in [-0.39, 0.29) is 5.91 Å². The van der Waals surface area contributed by atoms with Gasteiger partial charge in [0.25, 0.3) is 5.91 Å². The molecule has 1 N–H and O–H groups in total. The molecule has 0 radical (unpaired) electrons. The average Bonchev–Trinajstić information content (AvgIpc) is 2.35. The Kier molecular flexibility index (Phi) is 3.77. The van der Waals surface area contributed by atoms with Gasteiger partial charge in [-0.05, 0) is 43.7 Å². The van der Waals surface area contributed by atoms with Gasteiger partial charge in [0.05, 0.1) is 11.4 Å². The van der Waals surface area contributed by atoms with Crippen molar-refractivity contribution in [3.8, 4) is 0 Å². The van der Waals surface area contributed by atoms with Gasteiger partial charge in [-0.3, -0.25) is 9.78 Å². The summed E-state index contributed by atoms with van der Waals surface area (Å²) in [5, 5.41) is 2.85. The second kappa shape index (κ2) is 5.31. The van der Waals surface area contributed by atoms with Crippen LogP contribution in [0.5, 0.6) is 0 Å². The molecule has 92 valence electrons. The Morgan fingerprint density at radius 1 is 1.28 bits per heavy atom. The smallest absolute Gasteiger partial charge is 0.255 e. The summed E-state index contributed by atoms with van der Waals surface area (Å²) in [6.45, 7) is 3.84. The number of nitrogens with zero attached hydrogens (tertiary/aromatic N) is 1. The molecule has 0 saturated heterocycles. The highest BCUT2D eigenvalue weighted by Gasteiger charge is 2.08. The van der Waals surface area contributed by atoms with Crippen molar-refractivity contribution in [2.75, 3.05) is 5.32 Å². The Bertz CT molecular complexity index is 596. The molecule has 0 aliphatic heterocycles. The summed E-state index contributed by atoms with van der Waals surface area (Å²) in [4.78, 5) is 16.2. The van der Waals surface area contributed by atoms with E-state index in [9.17, 15) is 4.79 Å². The number of rotatable bonds is 2. The molecule has 4 heteroatoms. The summed E-state index contributed by atoms with van der Waals surface area (Å²) < 4.78 is 0.929. The SMILES string of the molecule is Cc1ccc(C(=O)Nc2cccnc2C)cc1Br. The predicted octanol–water partition coefficient (Wildman–Crippen LogP) is 3.71. The van der Waals surface area contributed by atoms with Crippen LogP contribution in [0, 0.1) is 13.8 Å². The van der Waals surface area contributed by atoms with E-state index < -0.39 is 0 Å². The Hall–Kier alpha value is -1.68. The molecule has 0 fully saturated rings. The summed E-state index contributed by atoms with van der Waals surface area (Å²) in [6, 6.07) is 9.17. The van der Waals surface area contributed by atoms with Crippen LogP contribution in [0.1, 0.15) is 21.6 Å². The third kappa shape index (κ3) is 2.76. The summed E-state index contributed by atoms with van der Waals surface area (Å²) in [7, 11) is 0. The molecular formula is C14H13BrN2O. The Morgan fingerprint density at radius 3 is 2.72 bits per heavy atom. The first-order valence-corrected chi connectivity index (χ1v) is 6.36. The van der Waals surface area contributed by atoms with Crippen molar-refractivity contribution in [3.05, 3.63) is 57.8 Å². The molecule has 18 heavy (non-hydrogen) atoms. The number of nitrogens with one attached hydrogen (secondary N) is 1. The number of carbonyl (C=O) groups excluding carboxylic acids is 1. The van der Waals surface area contributed by atoms with E-state index in [1.165, 1.54) is 0 Å². The second-order valence-electron chi connectivity index (χ2n) is 4.05. The highest BCUT2D eigenvalue weighted by Crippen LogP contribution is 2.19. The number of pyridine rings is 1. The number of anilines is 1. The third-order valence-corrected chi connectivity index (χ3v) is 3.54. The van der Waals surface area contributed by atoms with Gasteiger partial charge < -0.3 is 5.32 Å². The minimum absolute atomic E-state index is 0.133. The van der Waals surface area contributed by atoms with Gasteiger partial charge in [-0.15, -0.1) is 0 Å². The van der Waals surface area contributed by atoms with Crippen LogP contribution in [0.2, 0.25) is 0 Å². The molecule has 0 aliphatic carbocycles. The van der Waals surface area contributed by atoms with Gasteiger partial charge in [-0.2, -0.15) is 0 Å². The van der Waals surface area contributed by atoms with E-state index in [1.807, 2.05) is 32.0 Å². The first kappa shape index (κ1) is 12.8. The number of halogens is 1. The van der Waals surface area contributed by atoms with Crippen molar-refractivity contribution in [2.24, 2.45) is 0 Å². The highest BCUT2D eigenvalue weighted by atomic mass is 79.9. The van der Waals surface area contributed by atoms with E-state index in [0.29, 0.717) is 5.56 Å². The van der Waals surface area contributed by atoms with Crippen molar-refractivity contribution >= 4 is 27.5 Å². The van der Waals surface area contributed by atoms with Crippen LogP contribution in [0.4, 0.5) is 5.69 Å². The van der Waals surface area contributed by atoms with Crippen molar-refractivity contribution in [3.63, 3.8) is 0 Å². The van der Waals surface area contributed by atoms with E-state index in [4.69, 9.17) is 0 Å². The van der Waals surface area contributed by atoms with E-state index in [2.05, 4.69) is 26.2 Å². The van der Waals surface area contributed by atoms with Crippen LogP contribution >= 0.6 is 15.9 Å². The minimum atomic E-state index is -0.133. The lowest BCUT2D eigenvalue weighted by Crippen LogP contribution is -2.13. The quantitative estimate of drug-likeness (QED) is 0.919. The van der Waals surface area contributed by atoms with Gasteiger partial charge in [0.15, 0.2) is 0 Å². The zero-order chi connectivity index (χ0) is 13.1. The van der Waals surface area contributed by atoms with Crippen LogP contribution in [-0.2, 0) is 0 Å². The van der Waals surface area contributed by atoms with E-state index in [0.717, 1.165) is 21.4 Å². The molecule has 3 nitrogen and oxygen atoms in total. The molecule has 1 amide bonds. The monoisotopic (exact) mass is 304 g/mol. The van der Waals surface area contributed by atoms with Crippen LogP contribution < -0.4 is 5.32 Å². The maximum atomic E-state index is 12.1. The zero-order valence-electron chi connectivity index (χ0n) is 10.2. The Labute approximate surface area is 114 Å². The number of amides is 1. The molecule has 1 heterocycles. The molecule has 1 aromatic carbocycles. The van der Waals surface area contributed by atoms with Crippen LogP contribution in [-0.4, -0.2) is 10.9 Å². The summed E-state index contributed by atoms with van der Waals surface area (Å²) in [5.41, 5.74) is 3.26. The summed E-state index contributed by atoms with van der Waals surface area (Å²) in [5.74, 6) is -0.133. The molecular weight excluding hydrogens is 292 g/mol. The molecule has 0 saturated carbocycles. The molecule has 0 spiro atoms. The second-order valence-corrected chi connectivity index (χ2v) is 4.91. The third-order valence-electron chi connectivity index (χ3n) is 2.69. The number of aryl methyl sites for hydroxylation is 2. The lowest BCUT2D eigenvalue weighted by molar-refractivity contribution is 0.102. The molecule has 0 aliphatic rings. The van der Waals surface area contributed by atoms with Crippen LogP contribution in [0.3, 0.4) is 0 Å². The summed E-state index contributed by atoms with van der Waals surface area (Å²) in [6.07, 6.45) is 1.70. The minimum Gasteiger partial charge on any atom is -0.320 e. The number of benzene rings is 1. The van der Waals surface area contributed by atoms with Gasteiger partial charge in [-0.25, -0.2) is 0 Å². The van der Waals surface area contributed by atoms with Gasteiger partial charge in [0.2, 0.25) is 0 Å². The first-order valence-electron chi connectivity index (χ1n) is 5.57. The maximum Gasteiger partial charge on any atom is 0.255 e. The van der Waals surface area contributed by atoms with E-state index in [1.54, 1.807) is 18.3 Å².